The molecule has 0 bridgehead atoms. The van der Waals surface area contributed by atoms with Gasteiger partial charge in [-0.2, -0.15) is 0 Å². The number of hydrogen-bond donors (Lipinski definition) is 3. The zero-order valence-corrected chi connectivity index (χ0v) is 16.5. The van der Waals surface area contributed by atoms with Crippen LogP contribution < -0.4 is 16.0 Å². The highest BCUT2D eigenvalue weighted by atomic mass is 16.5. The minimum absolute atomic E-state index is 0.0157. The Hall–Kier alpha value is -2.28. The highest BCUT2D eigenvalue weighted by molar-refractivity contribution is 5.89. The second-order valence-corrected chi connectivity index (χ2v) is 8.23. The zero-order valence-electron chi connectivity index (χ0n) is 16.5. The van der Waals surface area contributed by atoms with Crippen LogP contribution in [0.15, 0.2) is 24.3 Å². The molecule has 148 valence electrons. The fraction of sp³-hybridized carbons (Fsp3) is 0.600. The Balaban J connectivity index is 1.53. The van der Waals surface area contributed by atoms with Crippen molar-refractivity contribution >= 4 is 17.7 Å². The predicted molar refractivity (Wildman–Crippen MR) is 105 cm³/mol. The molecule has 4 amide bonds. The van der Waals surface area contributed by atoms with Crippen LogP contribution in [0.5, 0.6) is 0 Å². The van der Waals surface area contributed by atoms with Crippen LogP contribution >= 0.6 is 0 Å². The lowest BCUT2D eigenvalue weighted by Crippen LogP contribution is -2.56. The number of carbonyl (C=O) groups excluding carboxylic acids is 2. The first-order valence-corrected chi connectivity index (χ1v) is 9.62. The molecule has 1 aromatic carbocycles. The van der Waals surface area contributed by atoms with E-state index in [9.17, 15) is 9.59 Å². The van der Waals surface area contributed by atoms with Crippen LogP contribution in [0.25, 0.3) is 0 Å². The van der Waals surface area contributed by atoms with E-state index in [1.54, 1.807) is 0 Å². The molecule has 1 heterocycles. The normalized spacial score (nSPS) is 22.7. The third-order valence-electron chi connectivity index (χ3n) is 4.78. The van der Waals surface area contributed by atoms with Gasteiger partial charge in [0.1, 0.15) is 0 Å². The van der Waals surface area contributed by atoms with Crippen LogP contribution in [0.1, 0.15) is 52.1 Å². The molecule has 27 heavy (non-hydrogen) atoms. The number of urea groups is 2. The van der Waals surface area contributed by atoms with Crippen molar-refractivity contribution in [1.29, 1.82) is 0 Å². The summed E-state index contributed by atoms with van der Waals surface area (Å²) in [7, 11) is 0. The highest BCUT2D eigenvalue weighted by Crippen LogP contribution is 2.22. The van der Waals surface area contributed by atoms with E-state index in [0.717, 1.165) is 24.1 Å². The van der Waals surface area contributed by atoms with Crippen molar-refractivity contribution in [2.75, 3.05) is 18.4 Å². The van der Waals surface area contributed by atoms with Gasteiger partial charge >= 0.3 is 12.1 Å². The molecule has 7 nitrogen and oxygen atoms in total. The van der Waals surface area contributed by atoms with Crippen LogP contribution in [0, 0.1) is 0 Å². The van der Waals surface area contributed by atoms with E-state index < -0.39 is 0 Å². The van der Waals surface area contributed by atoms with Crippen molar-refractivity contribution < 1.29 is 14.3 Å². The van der Waals surface area contributed by atoms with Gasteiger partial charge in [0.15, 0.2) is 0 Å². The second-order valence-electron chi connectivity index (χ2n) is 8.23. The maximum atomic E-state index is 12.6. The highest BCUT2D eigenvalue weighted by Gasteiger charge is 2.34. The summed E-state index contributed by atoms with van der Waals surface area (Å²) in [4.78, 5) is 26.2. The van der Waals surface area contributed by atoms with Crippen LogP contribution in [0.4, 0.5) is 15.3 Å². The van der Waals surface area contributed by atoms with E-state index >= 15 is 0 Å². The van der Waals surface area contributed by atoms with Gasteiger partial charge in [-0.05, 0) is 58.2 Å². The number of benzene rings is 1. The largest absolute Gasteiger partial charge is 0.369 e. The SMILES string of the molecule is C[C@@H]1CN(C(=O)N[C@@H](C)c2ccc(NC(=O)NC3CC3)cc2)CC(C)(C)O1. The first kappa shape index (κ1) is 19.5. The number of nitrogens with one attached hydrogen (secondary N) is 3. The summed E-state index contributed by atoms with van der Waals surface area (Å²) in [5.74, 6) is 0. The lowest BCUT2D eigenvalue weighted by molar-refractivity contribution is -0.117. The van der Waals surface area contributed by atoms with E-state index in [2.05, 4.69) is 16.0 Å². The van der Waals surface area contributed by atoms with Crippen molar-refractivity contribution in [3.05, 3.63) is 29.8 Å². The van der Waals surface area contributed by atoms with Gasteiger partial charge in [0.2, 0.25) is 0 Å². The number of nitrogens with zero attached hydrogens (tertiary/aromatic N) is 1. The summed E-state index contributed by atoms with van der Waals surface area (Å²) < 4.78 is 5.86. The Kier molecular flexibility index (Phi) is 5.60. The van der Waals surface area contributed by atoms with E-state index in [4.69, 9.17) is 4.74 Å². The fourth-order valence-corrected chi connectivity index (χ4v) is 3.40. The maximum Gasteiger partial charge on any atom is 0.319 e. The van der Waals surface area contributed by atoms with Crippen LogP contribution in [0.3, 0.4) is 0 Å². The summed E-state index contributed by atoms with van der Waals surface area (Å²) in [5, 5.41) is 8.77. The summed E-state index contributed by atoms with van der Waals surface area (Å²) in [6.07, 6.45) is 2.13. The van der Waals surface area contributed by atoms with Gasteiger partial charge in [0.05, 0.1) is 24.3 Å². The average Bonchev–Trinajstić information content (AvgIpc) is 3.37. The summed E-state index contributed by atoms with van der Waals surface area (Å²) >= 11 is 0. The third-order valence-corrected chi connectivity index (χ3v) is 4.78. The third kappa shape index (κ3) is 5.60. The number of rotatable bonds is 4. The minimum atomic E-state index is -0.341. The Morgan fingerprint density at radius 3 is 2.48 bits per heavy atom. The van der Waals surface area contributed by atoms with E-state index in [-0.39, 0.29) is 29.8 Å². The number of amides is 4. The molecule has 1 aromatic rings. The molecule has 2 aliphatic rings. The molecule has 1 saturated carbocycles. The lowest BCUT2D eigenvalue weighted by Gasteiger charge is -2.41. The Labute approximate surface area is 160 Å². The Bertz CT molecular complexity index is 685. The molecule has 2 atom stereocenters. The van der Waals surface area contributed by atoms with Crippen molar-refractivity contribution in [2.24, 2.45) is 0 Å². The minimum Gasteiger partial charge on any atom is -0.369 e. The molecule has 1 aliphatic carbocycles. The van der Waals surface area contributed by atoms with Crippen LogP contribution in [0.2, 0.25) is 0 Å². The number of ether oxygens (including phenoxy) is 1. The fourth-order valence-electron chi connectivity index (χ4n) is 3.40. The average molecular weight is 374 g/mol. The van der Waals surface area contributed by atoms with Gasteiger partial charge in [0, 0.05) is 18.3 Å². The monoisotopic (exact) mass is 374 g/mol. The van der Waals surface area contributed by atoms with Crippen LogP contribution in [-0.4, -0.2) is 47.8 Å². The maximum absolute atomic E-state index is 12.6. The summed E-state index contributed by atoms with van der Waals surface area (Å²) in [6.45, 7) is 9.08. The quantitative estimate of drug-likeness (QED) is 0.757. The van der Waals surface area contributed by atoms with E-state index in [1.165, 1.54) is 0 Å². The van der Waals surface area contributed by atoms with Gasteiger partial charge < -0.3 is 25.6 Å². The topological polar surface area (TPSA) is 82.7 Å². The van der Waals surface area contributed by atoms with Gasteiger partial charge in [-0.1, -0.05) is 12.1 Å². The molecular weight excluding hydrogens is 344 g/mol. The van der Waals surface area contributed by atoms with Crippen molar-refractivity contribution in [3.63, 3.8) is 0 Å². The molecule has 3 N–H and O–H groups in total. The molecule has 0 unspecified atom stereocenters. The van der Waals surface area contributed by atoms with Crippen molar-refractivity contribution in [2.45, 2.75) is 64.3 Å². The lowest BCUT2D eigenvalue weighted by atomic mass is 10.1. The molecule has 1 aliphatic heterocycles. The molecule has 0 spiro atoms. The number of morpholine rings is 1. The Morgan fingerprint density at radius 1 is 1.22 bits per heavy atom. The van der Waals surface area contributed by atoms with Gasteiger partial charge in [-0.25, -0.2) is 9.59 Å². The second kappa shape index (κ2) is 7.76. The summed E-state index contributed by atoms with van der Waals surface area (Å²) in [5.41, 5.74) is 1.38. The first-order chi connectivity index (χ1) is 12.7. The predicted octanol–water partition coefficient (Wildman–Crippen LogP) is 3.24. The van der Waals surface area contributed by atoms with E-state index in [0.29, 0.717) is 19.1 Å². The molecule has 2 fully saturated rings. The van der Waals surface area contributed by atoms with Crippen LogP contribution in [-0.2, 0) is 4.74 Å². The number of anilines is 1. The number of carbonyl (C=O) groups is 2. The Morgan fingerprint density at radius 2 is 1.89 bits per heavy atom. The molecule has 3 rings (SSSR count). The molecule has 0 radical (unpaired) electrons. The smallest absolute Gasteiger partial charge is 0.319 e. The van der Waals surface area contributed by atoms with Gasteiger partial charge in [-0.15, -0.1) is 0 Å². The first-order valence-electron chi connectivity index (χ1n) is 9.62. The summed E-state index contributed by atoms with van der Waals surface area (Å²) in [6, 6.07) is 7.48. The van der Waals surface area contributed by atoms with Crippen molar-refractivity contribution in [3.8, 4) is 0 Å². The van der Waals surface area contributed by atoms with Crippen molar-refractivity contribution in [1.82, 2.24) is 15.5 Å². The molecule has 7 heteroatoms. The van der Waals surface area contributed by atoms with E-state index in [1.807, 2.05) is 56.9 Å². The number of hydrogen-bond acceptors (Lipinski definition) is 3. The van der Waals surface area contributed by atoms with Gasteiger partial charge in [-0.3, -0.25) is 0 Å². The van der Waals surface area contributed by atoms with Gasteiger partial charge in [0.25, 0.3) is 0 Å². The molecular formula is C20H30N4O3. The molecule has 1 saturated heterocycles. The zero-order chi connectivity index (χ0) is 19.6. The molecule has 0 aromatic heterocycles. The standard InChI is InChI=1S/C20H30N4O3/c1-13-11-24(12-20(3,4)27-13)19(26)21-14(2)15-5-7-16(8-6-15)22-18(25)23-17-9-10-17/h5-8,13-14,17H,9-12H2,1-4H3,(H,21,26)(H2,22,23,25)/t13-,14+/m1/s1.